The van der Waals surface area contributed by atoms with Crippen LogP contribution in [0.4, 0.5) is 5.82 Å². The number of aliphatic hydroxyl groups excluding tert-OH is 1. The van der Waals surface area contributed by atoms with Gasteiger partial charge < -0.3 is 63.9 Å². The molecule has 0 saturated carbocycles. The van der Waals surface area contributed by atoms with Crippen LogP contribution < -0.4 is 49.7 Å². The molecule has 1 aromatic rings. The maximum Gasteiger partial charge on any atom is 0.326 e. The van der Waals surface area contributed by atoms with E-state index in [1.165, 1.54) is 22.9 Å². The van der Waals surface area contributed by atoms with Crippen molar-refractivity contribution in [2.45, 2.75) is 127 Å². The zero-order valence-corrected chi connectivity index (χ0v) is 34.3. The fraction of sp³-hybridized carbons (Fsp3) is 0.658. The van der Waals surface area contributed by atoms with Gasteiger partial charge in [0.2, 0.25) is 29.5 Å². The molecule has 6 amide bonds. The number of pyridine rings is 1. The zero-order chi connectivity index (χ0) is 44.2. The van der Waals surface area contributed by atoms with E-state index in [-0.39, 0.29) is 50.8 Å². The highest BCUT2D eigenvalue weighted by Crippen LogP contribution is 2.26. The summed E-state index contributed by atoms with van der Waals surface area (Å²) in [5.41, 5.74) is 19.1. The summed E-state index contributed by atoms with van der Waals surface area (Å²) in [7, 11) is 0. The second kappa shape index (κ2) is 25.1. The van der Waals surface area contributed by atoms with Gasteiger partial charge in [0.05, 0.1) is 11.7 Å². The molecule has 15 N–H and O–H groups in total. The maximum atomic E-state index is 14.2. The van der Waals surface area contributed by atoms with Crippen LogP contribution in [0.3, 0.4) is 0 Å². The van der Waals surface area contributed by atoms with Crippen LogP contribution in [0.2, 0.25) is 0 Å². The molecule has 0 aliphatic carbocycles. The number of nitrogens with one attached hydrogen (secondary N) is 5. The van der Waals surface area contributed by atoms with Crippen molar-refractivity contribution in [1.82, 2.24) is 36.1 Å². The van der Waals surface area contributed by atoms with Gasteiger partial charge in [-0.05, 0) is 96.2 Å². The lowest BCUT2D eigenvalue weighted by molar-refractivity contribution is -0.149. The lowest BCUT2D eigenvalue weighted by Gasteiger charge is -2.33. The number of aliphatic hydroxyl groups is 1. The third kappa shape index (κ3) is 15.2. The molecule has 1 aromatic heterocycles. The Balaban J connectivity index is 1.58. The van der Waals surface area contributed by atoms with Gasteiger partial charge in [0.1, 0.15) is 36.0 Å². The molecule has 0 radical (unpaired) electrons. The number of nitrogens with zero attached hydrogens (tertiary/aromatic N) is 4. The van der Waals surface area contributed by atoms with Gasteiger partial charge in [-0.15, -0.1) is 0 Å². The van der Waals surface area contributed by atoms with Crippen molar-refractivity contribution in [2.24, 2.45) is 28.0 Å². The van der Waals surface area contributed by atoms with Crippen LogP contribution in [0.5, 0.6) is 0 Å². The highest BCUT2D eigenvalue weighted by molar-refractivity contribution is 5.97. The van der Waals surface area contributed by atoms with Crippen LogP contribution in [0.25, 0.3) is 0 Å². The Morgan fingerprint density at radius 2 is 1.58 bits per heavy atom. The first-order valence-corrected chi connectivity index (χ1v) is 20.6. The number of aromatic nitrogens is 1. The summed E-state index contributed by atoms with van der Waals surface area (Å²) in [6.07, 6.45) is 4.91. The van der Waals surface area contributed by atoms with E-state index in [1.54, 1.807) is 12.1 Å². The fourth-order valence-corrected chi connectivity index (χ4v) is 7.18. The van der Waals surface area contributed by atoms with Gasteiger partial charge in [-0.3, -0.25) is 33.8 Å². The summed E-state index contributed by atoms with van der Waals surface area (Å²) in [6, 6.07) is -2.42. The number of unbranched alkanes of at least 4 members (excludes halogenated alkanes) is 3. The number of hydrazine groups is 1. The third-order valence-corrected chi connectivity index (χ3v) is 10.4. The summed E-state index contributed by atoms with van der Waals surface area (Å²) in [4.78, 5) is 103. The number of aliphatic carboxylic acids is 1. The zero-order valence-electron chi connectivity index (χ0n) is 34.3. The van der Waals surface area contributed by atoms with E-state index in [0.29, 0.717) is 88.7 Å². The molecule has 2 fully saturated rings. The monoisotopic (exact) mass is 845 g/mol. The van der Waals surface area contributed by atoms with E-state index >= 15 is 0 Å². The van der Waals surface area contributed by atoms with Crippen LogP contribution >= 0.6 is 0 Å². The van der Waals surface area contributed by atoms with Crippen molar-refractivity contribution in [1.29, 1.82) is 0 Å². The second-order valence-electron chi connectivity index (χ2n) is 15.0. The summed E-state index contributed by atoms with van der Waals surface area (Å²) < 4.78 is 0. The number of hydrogen-bond acceptors (Lipinski definition) is 13. The van der Waals surface area contributed by atoms with Crippen LogP contribution in [0.15, 0.2) is 23.3 Å². The number of guanidine groups is 1. The van der Waals surface area contributed by atoms with E-state index in [4.69, 9.17) is 23.0 Å². The van der Waals surface area contributed by atoms with Crippen LogP contribution in [-0.2, 0) is 28.8 Å². The number of carboxylic acids is 1. The van der Waals surface area contributed by atoms with Crippen molar-refractivity contribution in [3.63, 3.8) is 0 Å². The summed E-state index contributed by atoms with van der Waals surface area (Å²) in [6.45, 7) is 2.69. The van der Waals surface area contributed by atoms with Crippen molar-refractivity contribution in [2.75, 3.05) is 38.1 Å². The van der Waals surface area contributed by atoms with Crippen molar-refractivity contribution < 1.29 is 43.8 Å². The van der Waals surface area contributed by atoms with Gasteiger partial charge in [0, 0.05) is 38.8 Å². The quantitative estimate of drug-likeness (QED) is 0.0163. The van der Waals surface area contributed by atoms with Crippen molar-refractivity contribution in [3.05, 3.63) is 23.9 Å². The van der Waals surface area contributed by atoms with Crippen LogP contribution in [0, 0.1) is 0 Å². The number of hydrogen-bond donors (Lipinski definition) is 11. The Labute approximate surface area is 349 Å². The minimum absolute atomic E-state index is 0.0459. The number of likely N-dealkylation sites (tertiary alicyclic amines) is 2. The molecular weight excluding hydrogens is 782 g/mol. The standard InChI is InChI=1S/C38H63N13O9/c1-23(52)31(48-30(53)14-3-2-6-18-43-32(54)24-15-16-29(49-42)45-22-24)34(56)46-25(10-4-5-17-39)35(57)51-21-9-13-28(51)36(58)50-20-8-12-27(50)33(55)47-26(37(59)60)11-7-19-44-38(40)41/h15-16,22-23,25-28,31,52H,2-14,17-21,39,42H2,1H3,(H,43,54)(H,45,49)(H,46,56)(H,47,55)(H,48,53)(H,59,60)(H4,40,41,44). The Hall–Kier alpha value is -5.61. The molecule has 6 atom stereocenters. The highest BCUT2D eigenvalue weighted by atomic mass is 16.4. The fourth-order valence-electron chi connectivity index (χ4n) is 7.18. The average molecular weight is 846 g/mol. The van der Waals surface area contributed by atoms with Gasteiger partial charge in [-0.25, -0.2) is 15.6 Å². The Morgan fingerprint density at radius 3 is 2.22 bits per heavy atom. The smallest absolute Gasteiger partial charge is 0.326 e. The van der Waals surface area contributed by atoms with E-state index in [0.717, 1.165) is 0 Å². The van der Waals surface area contributed by atoms with E-state index in [9.17, 15) is 43.8 Å². The van der Waals surface area contributed by atoms with Gasteiger partial charge in [-0.2, -0.15) is 0 Å². The lowest BCUT2D eigenvalue weighted by Crippen LogP contribution is -2.59. The molecule has 6 unspecified atom stereocenters. The van der Waals surface area contributed by atoms with Crippen molar-refractivity contribution in [3.8, 4) is 0 Å². The molecule has 334 valence electrons. The van der Waals surface area contributed by atoms with E-state index < -0.39 is 71.8 Å². The van der Waals surface area contributed by atoms with Gasteiger partial charge >= 0.3 is 5.97 Å². The first-order chi connectivity index (χ1) is 28.7. The summed E-state index contributed by atoms with van der Waals surface area (Å²) in [5, 5.41) is 30.8. The first-order valence-electron chi connectivity index (χ1n) is 20.6. The molecule has 2 aliphatic heterocycles. The number of aliphatic imine (C=N–C) groups is 1. The number of rotatable bonds is 25. The molecular formula is C38H63N13O9. The molecule has 0 aromatic carbocycles. The minimum atomic E-state index is -1.38. The SMILES string of the molecule is CC(O)C(NC(=O)CCCCCNC(=O)c1ccc(NN)nc1)C(=O)NC(CCCCN)C(=O)N1CCCC1C(=O)N1CCCC1C(=O)NC(CCCN=C(N)N)C(=O)O. The van der Waals surface area contributed by atoms with Gasteiger partial charge in [0.25, 0.3) is 5.91 Å². The molecule has 3 rings (SSSR count). The molecule has 22 heteroatoms. The summed E-state index contributed by atoms with van der Waals surface area (Å²) in [5.74, 6) is 1.19. The molecule has 2 aliphatic rings. The summed E-state index contributed by atoms with van der Waals surface area (Å²) >= 11 is 0. The number of amides is 6. The molecule has 0 spiro atoms. The molecule has 0 bridgehead atoms. The topological polar surface area (TPSA) is 356 Å². The first kappa shape index (κ1) is 48.8. The highest BCUT2D eigenvalue weighted by Gasteiger charge is 2.44. The van der Waals surface area contributed by atoms with Crippen LogP contribution in [0.1, 0.15) is 101 Å². The number of carbonyl (C=O) groups is 7. The average Bonchev–Trinajstić information content (AvgIpc) is 3.92. The second-order valence-corrected chi connectivity index (χ2v) is 15.0. The van der Waals surface area contributed by atoms with Gasteiger partial charge in [0.15, 0.2) is 5.96 Å². The third-order valence-electron chi connectivity index (χ3n) is 10.4. The Kier molecular flexibility index (Phi) is 20.4. The Morgan fingerprint density at radius 1 is 0.883 bits per heavy atom. The lowest BCUT2D eigenvalue weighted by atomic mass is 10.0. The van der Waals surface area contributed by atoms with Crippen LogP contribution in [-0.4, -0.2) is 141 Å². The molecule has 60 heavy (non-hydrogen) atoms. The largest absolute Gasteiger partial charge is 0.480 e. The molecule has 3 heterocycles. The number of nitrogens with two attached hydrogens (primary N) is 4. The van der Waals surface area contributed by atoms with E-state index in [2.05, 4.69) is 36.7 Å². The van der Waals surface area contributed by atoms with Crippen molar-refractivity contribution >= 4 is 53.2 Å². The maximum absolute atomic E-state index is 14.2. The molecule has 22 nitrogen and oxygen atoms in total. The van der Waals surface area contributed by atoms with E-state index in [1.807, 2.05) is 0 Å². The predicted molar refractivity (Wildman–Crippen MR) is 220 cm³/mol. The minimum Gasteiger partial charge on any atom is -0.480 e. The normalized spacial score (nSPS) is 18.1. The van der Waals surface area contributed by atoms with Gasteiger partial charge in [-0.1, -0.05) is 6.42 Å². The Bertz CT molecular complexity index is 1640. The number of carbonyl (C=O) groups excluding carboxylic acids is 6. The number of carboxylic acid groups (broad SMARTS) is 1. The molecule has 2 saturated heterocycles. The number of anilines is 1. The number of nitrogen functional groups attached to an aromatic ring is 1. The predicted octanol–water partition coefficient (Wildman–Crippen LogP) is -2.26.